The number of esters is 1. The number of nitrogens with one attached hydrogen (secondary N) is 1. The van der Waals surface area contributed by atoms with E-state index in [1.807, 2.05) is 30.3 Å². The van der Waals surface area contributed by atoms with Gasteiger partial charge < -0.3 is 31.2 Å². The van der Waals surface area contributed by atoms with E-state index in [1.165, 1.54) is 26.5 Å². The van der Waals surface area contributed by atoms with E-state index in [4.69, 9.17) is 20.9 Å². The molecule has 0 bridgehead atoms. The van der Waals surface area contributed by atoms with Crippen LogP contribution in [0.25, 0.3) is 0 Å². The van der Waals surface area contributed by atoms with Crippen molar-refractivity contribution in [2.24, 2.45) is 39.2 Å². The van der Waals surface area contributed by atoms with Gasteiger partial charge in [0.05, 0.1) is 0 Å². The van der Waals surface area contributed by atoms with Crippen molar-refractivity contribution < 1.29 is 23.9 Å². The Kier molecular flexibility index (Phi) is 15.5. The van der Waals surface area contributed by atoms with Gasteiger partial charge in [0.2, 0.25) is 11.9 Å². The number of nitrogens with two attached hydrogens (primary N) is 2. The van der Waals surface area contributed by atoms with Gasteiger partial charge in [0.1, 0.15) is 19.3 Å². The van der Waals surface area contributed by atoms with Crippen molar-refractivity contribution in [2.45, 2.75) is 52.0 Å². The molecule has 0 aliphatic heterocycles. The summed E-state index contributed by atoms with van der Waals surface area (Å²) < 4.78 is 10.5. The Balaban J connectivity index is 1.73. The summed E-state index contributed by atoms with van der Waals surface area (Å²) in [6, 6.07) is 8.87. The Hall–Kier alpha value is -2.93. The molecule has 11 nitrogen and oxygen atoms in total. The highest BCUT2D eigenvalue weighted by atomic mass is 33.1. The van der Waals surface area contributed by atoms with Crippen LogP contribution in [0.3, 0.4) is 0 Å². The summed E-state index contributed by atoms with van der Waals surface area (Å²) in [7, 11) is 6.31. The Morgan fingerprint density at radius 2 is 1.59 bits per heavy atom. The first-order valence-electron chi connectivity index (χ1n) is 13.8. The molecule has 1 fully saturated rings. The molecule has 0 aromatic heterocycles. The molecule has 41 heavy (non-hydrogen) atoms. The highest BCUT2D eigenvalue weighted by molar-refractivity contribution is 8.76. The number of hydrogen-bond acceptors (Lipinski definition) is 7. The summed E-state index contributed by atoms with van der Waals surface area (Å²) in [6.45, 7) is 4.79. The maximum atomic E-state index is 13.0. The van der Waals surface area contributed by atoms with Crippen LogP contribution < -0.4 is 16.8 Å². The standard InChI is InChI=1S/C28H44N6O5S2/c1-19(2)21-10-12-22(13-11-21)24(35)31-23(18-20-8-6-5-7-9-20)25(36)38-14-16-40-41-17-15-39-28(37)33-26(29)32-27(30)34(3)4/h5-9,19,21-23H,10-18H2,1-4H3,(H,31,35)(H4,29,30,32,33,37)/t21?,22?,23-/m1/s1. The number of guanidine groups is 2. The number of rotatable bonds is 13. The van der Waals surface area contributed by atoms with Crippen LogP contribution in [0.15, 0.2) is 40.3 Å². The van der Waals surface area contributed by atoms with Gasteiger partial charge in [-0.2, -0.15) is 4.99 Å². The monoisotopic (exact) mass is 608 g/mol. The fraction of sp³-hybridized carbons (Fsp3) is 0.607. The van der Waals surface area contributed by atoms with Crippen LogP contribution in [0.5, 0.6) is 0 Å². The minimum absolute atomic E-state index is 0.0661. The van der Waals surface area contributed by atoms with Gasteiger partial charge in [0, 0.05) is 37.9 Å². The van der Waals surface area contributed by atoms with Gasteiger partial charge in [0.25, 0.3) is 0 Å². The molecule has 0 unspecified atom stereocenters. The van der Waals surface area contributed by atoms with E-state index in [1.54, 1.807) is 14.1 Å². The highest BCUT2D eigenvalue weighted by Crippen LogP contribution is 2.33. The van der Waals surface area contributed by atoms with Gasteiger partial charge in [-0.25, -0.2) is 9.59 Å². The largest absolute Gasteiger partial charge is 0.463 e. The van der Waals surface area contributed by atoms with Crippen molar-refractivity contribution in [3.63, 3.8) is 0 Å². The van der Waals surface area contributed by atoms with E-state index in [0.717, 1.165) is 31.2 Å². The minimum Gasteiger partial charge on any atom is -0.463 e. The predicted molar refractivity (Wildman–Crippen MR) is 167 cm³/mol. The average Bonchev–Trinajstić information content (AvgIpc) is 2.94. The van der Waals surface area contributed by atoms with Crippen molar-refractivity contribution in [3.8, 4) is 0 Å². The summed E-state index contributed by atoms with van der Waals surface area (Å²) in [4.78, 5) is 46.5. The van der Waals surface area contributed by atoms with Crippen molar-refractivity contribution in [1.82, 2.24) is 10.2 Å². The second-order valence-electron chi connectivity index (χ2n) is 10.4. The third-order valence-electron chi connectivity index (χ3n) is 6.75. The van der Waals surface area contributed by atoms with Crippen LogP contribution in [0.2, 0.25) is 0 Å². The first-order chi connectivity index (χ1) is 19.6. The molecular weight excluding hydrogens is 564 g/mol. The molecule has 0 heterocycles. The molecular formula is C28H44N6O5S2. The van der Waals surface area contributed by atoms with Gasteiger partial charge in [-0.1, -0.05) is 65.8 Å². The van der Waals surface area contributed by atoms with Crippen LogP contribution >= 0.6 is 21.6 Å². The van der Waals surface area contributed by atoms with Crippen molar-refractivity contribution in [3.05, 3.63) is 35.9 Å². The summed E-state index contributed by atoms with van der Waals surface area (Å²) in [6.07, 6.45) is 3.31. The lowest BCUT2D eigenvalue weighted by Crippen LogP contribution is -2.46. The Labute approximate surface area is 251 Å². The summed E-state index contributed by atoms with van der Waals surface area (Å²) >= 11 is 0. The number of nitrogens with zero attached hydrogens (tertiary/aromatic N) is 3. The molecule has 5 N–H and O–H groups in total. The van der Waals surface area contributed by atoms with Crippen LogP contribution in [-0.2, 0) is 25.5 Å². The zero-order valence-corrected chi connectivity index (χ0v) is 26.0. The molecule has 1 aliphatic carbocycles. The van der Waals surface area contributed by atoms with Crippen molar-refractivity contribution in [2.75, 3.05) is 38.8 Å². The number of hydrogen-bond donors (Lipinski definition) is 3. The summed E-state index contributed by atoms with van der Waals surface area (Å²) in [5.74, 6) is 1.59. The molecule has 228 valence electrons. The predicted octanol–water partition coefficient (Wildman–Crippen LogP) is 3.43. The molecule has 0 radical (unpaired) electrons. The summed E-state index contributed by atoms with van der Waals surface area (Å²) in [5.41, 5.74) is 12.1. The fourth-order valence-electron chi connectivity index (χ4n) is 4.31. The second-order valence-corrected chi connectivity index (χ2v) is 13.1. The van der Waals surface area contributed by atoms with E-state index >= 15 is 0 Å². The number of carbonyl (C=O) groups is 3. The third-order valence-corrected chi connectivity index (χ3v) is 9.08. The smallest absolute Gasteiger partial charge is 0.436 e. The normalized spacial score (nSPS) is 18.5. The third kappa shape index (κ3) is 13.5. The molecule has 1 atom stereocenters. The van der Waals surface area contributed by atoms with Crippen LogP contribution in [0.4, 0.5) is 4.79 Å². The van der Waals surface area contributed by atoms with Crippen molar-refractivity contribution >= 4 is 51.5 Å². The van der Waals surface area contributed by atoms with Crippen LogP contribution in [-0.4, -0.2) is 79.6 Å². The van der Waals surface area contributed by atoms with Crippen molar-refractivity contribution in [1.29, 1.82) is 0 Å². The number of benzene rings is 1. The highest BCUT2D eigenvalue weighted by Gasteiger charge is 2.31. The quantitative estimate of drug-likeness (QED) is 0.0994. The Bertz CT molecular complexity index is 1030. The molecule has 1 saturated carbocycles. The molecule has 2 rings (SSSR count). The van der Waals surface area contributed by atoms with E-state index in [9.17, 15) is 14.4 Å². The van der Waals surface area contributed by atoms with Crippen LogP contribution in [0.1, 0.15) is 45.1 Å². The topological polar surface area (TPSA) is 162 Å². The molecule has 13 heteroatoms. The first kappa shape index (κ1) is 34.3. The molecule has 2 amide bonds. The molecule has 0 saturated heterocycles. The Morgan fingerprint density at radius 3 is 2.17 bits per heavy atom. The zero-order valence-electron chi connectivity index (χ0n) is 24.4. The van der Waals surface area contributed by atoms with E-state index in [0.29, 0.717) is 29.8 Å². The lowest BCUT2D eigenvalue weighted by atomic mass is 9.76. The summed E-state index contributed by atoms with van der Waals surface area (Å²) in [5, 5.41) is 2.98. The van der Waals surface area contributed by atoms with E-state index < -0.39 is 18.1 Å². The van der Waals surface area contributed by atoms with Gasteiger partial charge >= 0.3 is 12.1 Å². The first-order valence-corrected chi connectivity index (χ1v) is 16.3. The number of amides is 2. The molecule has 1 aromatic carbocycles. The van der Waals surface area contributed by atoms with E-state index in [2.05, 4.69) is 29.1 Å². The number of carbonyl (C=O) groups excluding carboxylic acids is 3. The maximum absolute atomic E-state index is 13.0. The van der Waals surface area contributed by atoms with Gasteiger partial charge in [0.15, 0.2) is 5.96 Å². The fourth-order valence-corrected chi connectivity index (χ4v) is 5.96. The lowest BCUT2D eigenvalue weighted by Gasteiger charge is -2.31. The van der Waals surface area contributed by atoms with Gasteiger partial charge in [-0.05, 0) is 43.1 Å². The van der Waals surface area contributed by atoms with Crippen LogP contribution in [0, 0.1) is 17.8 Å². The minimum atomic E-state index is -0.850. The maximum Gasteiger partial charge on any atom is 0.436 e. The van der Waals surface area contributed by atoms with E-state index in [-0.39, 0.29) is 37.0 Å². The Morgan fingerprint density at radius 1 is 0.976 bits per heavy atom. The zero-order chi connectivity index (χ0) is 30.2. The number of aliphatic imine (C=N–C) groups is 2. The lowest BCUT2D eigenvalue weighted by molar-refractivity contribution is -0.147. The van der Waals surface area contributed by atoms with Gasteiger partial charge in [-0.15, -0.1) is 4.99 Å². The molecule has 0 spiro atoms. The SMILES string of the molecule is CC(C)C1CCC(C(=O)N[C@H](Cc2ccccc2)C(=O)OCCSSCCOC(=O)/N=C(N)/N=C(\N)N(C)C)CC1. The molecule has 1 aliphatic rings. The average molecular weight is 609 g/mol. The van der Waals surface area contributed by atoms with Gasteiger partial charge in [-0.3, -0.25) is 4.79 Å². The molecule has 1 aromatic rings. The second kappa shape index (κ2) is 18.5. The number of ether oxygens (including phenoxy) is 2.